The Bertz CT molecular complexity index is 158. The van der Waals surface area contributed by atoms with E-state index in [1.807, 2.05) is 0 Å². The van der Waals surface area contributed by atoms with Crippen molar-refractivity contribution in [3.63, 3.8) is 0 Å². The van der Waals surface area contributed by atoms with Crippen molar-refractivity contribution < 1.29 is 9.90 Å². The van der Waals surface area contributed by atoms with Crippen LogP contribution in [0.4, 0.5) is 0 Å². The van der Waals surface area contributed by atoms with E-state index < -0.39 is 11.5 Å². The molecule has 78 valence electrons. The van der Waals surface area contributed by atoms with Crippen molar-refractivity contribution >= 4 is 5.97 Å². The molecule has 0 unspecified atom stereocenters. The fraction of sp³-hybridized carbons (Fsp3) is 0.889. The third kappa shape index (κ3) is 5.60. The summed E-state index contributed by atoms with van der Waals surface area (Å²) in [6.07, 6.45) is 4.48. The molecule has 0 fully saturated rings. The average Bonchev–Trinajstić information content (AvgIpc) is 2.03. The van der Waals surface area contributed by atoms with Gasteiger partial charge in [0.1, 0.15) is 5.54 Å². The van der Waals surface area contributed by atoms with E-state index in [0.717, 1.165) is 25.7 Å². The standard InChI is InChI=1S/C9H20N2O2/c1-9(11,8(12)13)6-4-2-3-5-7-10/h2-7,10-11H2,1H3,(H,12,13)/t9-/m1/s1. The smallest absolute Gasteiger partial charge is 0.323 e. The van der Waals surface area contributed by atoms with Crippen molar-refractivity contribution in [3.05, 3.63) is 0 Å². The van der Waals surface area contributed by atoms with Crippen LogP contribution in [0.5, 0.6) is 0 Å². The quantitative estimate of drug-likeness (QED) is 0.513. The van der Waals surface area contributed by atoms with Gasteiger partial charge in [-0.3, -0.25) is 4.79 Å². The molecular formula is C9H20N2O2. The van der Waals surface area contributed by atoms with Crippen LogP contribution in [0, 0.1) is 0 Å². The number of carboxylic acid groups (broad SMARTS) is 1. The summed E-state index contributed by atoms with van der Waals surface area (Å²) in [5.41, 5.74) is 9.81. The molecule has 0 aliphatic carbocycles. The Morgan fingerprint density at radius 1 is 1.31 bits per heavy atom. The molecule has 5 N–H and O–H groups in total. The SMILES string of the molecule is C[C@@](N)(CCCCCCN)C(=O)O. The second kappa shape index (κ2) is 5.94. The fourth-order valence-corrected chi connectivity index (χ4v) is 1.10. The van der Waals surface area contributed by atoms with Crippen LogP contribution >= 0.6 is 0 Å². The second-order valence-electron chi connectivity index (χ2n) is 3.68. The predicted molar refractivity (Wildman–Crippen MR) is 52.4 cm³/mol. The van der Waals surface area contributed by atoms with Crippen molar-refractivity contribution in [2.75, 3.05) is 6.54 Å². The van der Waals surface area contributed by atoms with E-state index >= 15 is 0 Å². The Balaban J connectivity index is 3.46. The van der Waals surface area contributed by atoms with Crippen LogP contribution in [0.2, 0.25) is 0 Å². The molecule has 13 heavy (non-hydrogen) atoms. The first-order chi connectivity index (χ1) is 6.00. The molecule has 4 nitrogen and oxygen atoms in total. The van der Waals surface area contributed by atoms with E-state index in [1.54, 1.807) is 6.92 Å². The number of hydrogen-bond donors (Lipinski definition) is 3. The van der Waals surface area contributed by atoms with Gasteiger partial charge in [-0.2, -0.15) is 0 Å². The minimum Gasteiger partial charge on any atom is -0.480 e. The van der Waals surface area contributed by atoms with Crippen molar-refractivity contribution in [1.82, 2.24) is 0 Å². The third-order valence-corrected chi connectivity index (χ3v) is 2.14. The van der Waals surface area contributed by atoms with Gasteiger partial charge in [0.2, 0.25) is 0 Å². The summed E-state index contributed by atoms with van der Waals surface area (Å²) in [6.45, 7) is 2.26. The zero-order valence-corrected chi connectivity index (χ0v) is 8.25. The fourth-order valence-electron chi connectivity index (χ4n) is 1.10. The van der Waals surface area contributed by atoms with Crippen molar-refractivity contribution in [1.29, 1.82) is 0 Å². The topological polar surface area (TPSA) is 89.3 Å². The normalized spacial score (nSPS) is 15.3. The summed E-state index contributed by atoms with van der Waals surface area (Å²) >= 11 is 0. The van der Waals surface area contributed by atoms with Crippen LogP contribution in [0.1, 0.15) is 39.0 Å². The average molecular weight is 188 g/mol. The van der Waals surface area contributed by atoms with E-state index in [0.29, 0.717) is 13.0 Å². The van der Waals surface area contributed by atoms with Crippen LogP contribution in [-0.4, -0.2) is 23.2 Å². The molecule has 0 rings (SSSR count). The Labute approximate surface area is 79.3 Å². The Morgan fingerprint density at radius 3 is 2.31 bits per heavy atom. The molecule has 0 amide bonds. The van der Waals surface area contributed by atoms with Gasteiger partial charge in [0.05, 0.1) is 0 Å². The molecule has 1 atom stereocenters. The minimum absolute atomic E-state index is 0.535. The summed E-state index contributed by atoms with van der Waals surface area (Å²) in [5, 5.41) is 8.70. The van der Waals surface area contributed by atoms with Crippen LogP contribution < -0.4 is 11.5 Å². The van der Waals surface area contributed by atoms with Crippen molar-refractivity contribution in [2.24, 2.45) is 11.5 Å². The molecule has 0 aliphatic heterocycles. The maximum Gasteiger partial charge on any atom is 0.323 e. The lowest BCUT2D eigenvalue weighted by atomic mass is 9.95. The number of carbonyl (C=O) groups is 1. The molecule has 0 saturated heterocycles. The molecule has 0 radical (unpaired) electrons. The van der Waals surface area contributed by atoms with Gasteiger partial charge in [-0.15, -0.1) is 0 Å². The molecule has 0 heterocycles. The van der Waals surface area contributed by atoms with Gasteiger partial charge in [-0.05, 0) is 26.3 Å². The highest BCUT2D eigenvalue weighted by Crippen LogP contribution is 2.12. The van der Waals surface area contributed by atoms with Gasteiger partial charge >= 0.3 is 5.97 Å². The Hall–Kier alpha value is -0.610. The molecule has 0 aromatic rings. The first-order valence-electron chi connectivity index (χ1n) is 4.73. The highest BCUT2D eigenvalue weighted by Gasteiger charge is 2.26. The highest BCUT2D eigenvalue weighted by atomic mass is 16.4. The molecule has 0 aliphatic rings. The van der Waals surface area contributed by atoms with Gasteiger partial charge in [-0.25, -0.2) is 0 Å². The monoisotopic (exact) mass is 188 g/mol. The summed E-state index contributed by atoms with van der Waals surface area (Å²) in [6, 6.07) is 0. The van der Waals surface area contributed by atoms with Gasteiger partial charge in [0.15, 0.2) is 0 Å². The molecule has 0 aromatic heterocycles. The van der Waals surface area contributed by atoms with Crippen LogP contribution in [-0.2, 0) is 4.79 Å². The van der Waals surface area contributed by atoms with Crippen LogP contribution in [0.15, 0.2) is 0 Å². The molecule has 0 saturated carbocycles. The first kappa shape index (κ1) is 12.4. The van der Waals surface area contributed by atoms with Gasteiger partial charge < -0.3 is 16.6 Å². The largest absolute Gasteiger partial charge is 0.480 e. The summed E-state index contributed by atoms with van der Waals surface area (Å²) < 4.78 is 0. The number of hydrogen-bond acceptors (Lipinski definition) is 3. The Kier molecular flexibility index (Phi) is 5.66. The van der Waals surface area contributed by atoms with E-state index in [2.05, 4.69) is 0 Å². The maximum absolute atomic E-state index is 10.6. The Morgan fingerprint density at radius 2 is 1.85 bits per heavy atom. The zero-order chi connectivity index (χ0) is 10.3. The molecule has 0 bridgehead atoms. The zero-order valence-electron chi connectivity index (χ0n) is 8.25. The van der Waals surface area contributed by atoms with Crippen LogP contribution in [0.3, 0.4) is 0 Å². The molecule has 0 aromatic carbocycles. The second-order valence-corrected chi connectivity index (χ2v) is 3.68. The van der Waals surface area contributed by atoms with Crippen molar-refractivity contribution in [2.45, 2.75) is 44.6 Å². The lowest BCUT2D eigenvalue weighted by molar-refractivity contribution is -0.142. The number of aliphatic carboxylic acids is 1. The molecule has 4 heteroatoms. The third-order valence-electron chi connectivity index (χ3n) is 2.14. The lowest BCUT2D eigenvalue weighted by Crippen LogP contribution is -2.44. The predicted octanol–water partition coefficient (Wildman–Crippen LogP) is 0.698. The minimum atomic E-state index is -1.07. The summed E-state index contributed by atoms with van der Waals surface area (Å²) in [4.78, 5) is 10.6. The first-order valence-corrected chi connectivity index (χ1v) is 4.73. The van der Waals surface area contributed by atoms with E-state index in [1.165, 1.54) is 0 Å². The van der Waals surface area contributed by atoms with E-state index in [4.69, 9.17) is 16.6 Å². The van der Waals surface area contributed by atoms with E-state index in [9.17, 15) is 4.79 Å². The number of nitrogens with two attached hydrogens (primary N) is 2. The van der Waals surface area contributed by atoms with Gasteiger partial charge in [-0.1, -0.05) is 19.3 Å². The summed E-state index contributed by atoms with van der Waals surface area (Å²) in [7, 11) is 0. The van der Waals surface area contributed by atoms with Crippen molar-refractivity contribution in [3.8, 4) is 0 Å². The maximum atomic E-state index is 10.6. The van der Waals surface area contributed by atoms with Crippen LogP contribution in [0.25, 0.3) is 0 Å². The van der Waals surface area contributed by atoms with Gasteiger partial charge in [0.25, 0.3) is 0 Å². The number of carboxylic acids is 1. The van der Waals surface area contributed by atoms with E-state index in [-0.39, 0.29) is 0 Å². The van der Waals surface area contributed by atoms with Gasteiger partial charge in [0, 0.05) is 0 Å². The molecular weight excluding hydrogens is 168 g/mol. The molecule has 0 spiro atoms. The summed E-state index contributed by atoms with van der Waals surface area (Å²) in [5.74, 6) is -0.925. The number of rotatable bonds is 7. The lowest BCUT2D eigenvalue weighted by Gasteiger charge is -2.18. The number of unbranched alkanes of at least 4 members (excludes halogenated alkanes) is 3. The highest BCUT2D eigenvalue weighted by molar-refractivity contribution is 5.77.